The van der Waals surface area contributed by atoms with Gasteiger partial charge in [0.2, 0.25) is 5.82 Å². The van der Waals surface area contributed by atoms with E-state index in [9.17, 15) is 14.9 Å². The highest BCUT2D eigenvalue weighted by Crippen LogP contribution is 2.38. The molecule has 20 heavy (non-hydrogen) atoms. The van der Waals surface area contributed by atoms with E-state index in [1.807, 2.05) is 0 Å². The zero-order valence-electron chi connectivity index (χ0n) is 11.3. The smallest absolute Gasteiger partial charge is 0.337 e. The van der Waals surface area contributed by atoms with E-state index in [-0.39, 0.29) is 22.5 Å². The molecule has 0 radical (unpaired) electrons. The van der Waals surface area contributed by atoms with Crippen LogP contribution >= 0.6 is 0 Å². The van der Waals surface area contributed by atoms with Crippen molar-refractivity contribution >= 4 is 17.5 Å². The number of carboxylic acid groups (broad SMARTS) is 1. The molecule has 1 aromatic rings. The molecule has 7 heteroatoms. The number of aromatic nitrogens is 1. The van der Waals surface area contributed by atoms with Crippen LogP contribution in [0.3, 0.4) is 0 Å². The highest BCUT2D eigenvalue weighted by molar-refractivity contribution is 5.88. The molecular weight excluding hydrogens is 262 g/mol. The van der Waals surface area contributed by atoms with Crippen molar-refractivity contribution in [2.24, 2.45) is 5.41 Å². The molecule has 0 atom stereocenters. The van der Waals surface area contributed by atoms with Crippen LogP contribution in [0.5, 0.6) is 0 Å². The molecular formula is C13H17N3O4. The largest absolute Gasteiger partial charge is 0.478 e. The molecule has 0 aliphatic heterocycles. The molecule has 1 aliphatic rings. The Morgan fingerprint density at radius 3 is 2.75 bits per heavy atom. The Hall–Kier alpha value is -2.18. The SMILES string of the molecule is CC1(CNc2ncc(C(=O)O)cc2[N+](=O)[O-])CCCC1. The summed E-state index contributed by atoms with van der Waals surface area (Å²) in [6.45, 7) is 2.75. The zero-order valence-corrected chi connectivity index (χ0v) is 11.3. The molecule has 0 saturated heterocycles. The Morgan fingerprint density at radius 1 is 1.55 bits per heavy atom. The number of anilines is 1. The van der Waals surface area contributed by atoms with E-state index in [0.717, 1.165) is 25.1 Å². The first-order valence-electron chi connectivity index (χ1n) is 6.53. The molecule has 0 spiro atoms. The molecule has 2 N–H and O–H groups in total. The number of hydrogen-bond donors (Lipinski definition) is 2. The minimum atomic E-state index is -1.23. The maximum atomic E-state index is 11.0. The Labute approximate surface area is 116 Å². The van der Waals surface area contributed by atoms with E-state index in [0.29, 0.717) is 6.54 Å². The quantitative estimate of drug-likeness (QED) is 0.634. The summed E-state index contributed by atoms with van der Waals surface area (Å²) in [4.78, 5) is 25.1. The summed E-state index contributed by atoms with van der Waals surface area (Å²) in [5.41, 5.74) is -0.359. The van der Waals surface area contributed by atoms with Crippen LogP contribution in [0, 0.1) is 15.5 Å². The number of rotatable bonds is 5. The van der Waals surface area contributed by atoms with Gasteiger partial charge in [-0.05, 0) is 18.3 Å². The van der Waals surface area contributed by atoms with Gasteiger partial charge in [0.1, 0.15) is 0 Å². The van der Waals surface area contributed by atoms with Crippen molar-refractivity contribution in [3.8, 4) is 0 Å². The number of carboxylic acids is 1. The topological polar surface area (TPSA) is 105 Å². The number of hydrogen-bond acceptors (Lipinski definition) is 5. The lowest BCUT2D eigenvalue weighted by Gasteiger charge is -2.23. The van der Waals surface area contributed by atoms with Gasteiger partial charge in [0, 0.05) is 18.8 Å². The standard InChI is InChI=1S/C13H17N3O4/c1-13(4-2-3-5-13)8-15-11-10(16(19)20)6-9(7-14-11)12(17)18/h6-7H,2-5,8H2,1H3,(H,14,15)(H,17,18). The molecule has 108 valence electrons. The fourth-order valence-electron chi connectivity index (χ4n) is 2.55. The van der Waals surface area contributed by atoms with Gasteiger partial charge in [-0.25, -0.2) is 9.78 Å². The minimum Gasteiger partial charge on any atom is -0.478 e. The van der Waals surface area contributed by atoms with Crippen LogP contribution in [0.4, 0.5) is 11.5 Å². The summed E-state index contributed by atoms with van der Waals surface area (Å²) in [5, 5.41) is 22.8. The second-order valence-electron chi connectivity index (χ2n) is 5.53. The van der Waals surface area contributed by atoms with Gasteiger partial charge in [0.25, 0.3) is 0 Å². The minimum absolute atomic E-state index is 0.126. The first-order valence-corrected chi connectivity index (χ1v) is 6.53. The van der Waals surface area contributed by atoms with Crippen LogP contribution < -0.4 is 5.32 Å². The van der Waals surface area contributed by atoms with Gasteiger partial charge in [-0.3, -0.25) is 10.1 Å². The summed E-state index contributed by atoms with van der Waals surface area (Å²) in [7, 11) is 0. The van der Waals surface area contributed by atoms with Crippen molar-refractivity contribution in [2.45, 2.75) is 32.6 Å². The van der Waals surface area contributed by atoms with Crippen LogP contribution in [0.2, 0.25) is 0 Å². The maximum Gasteiger partial charge on any atom is 0.337 e. The monoisotopic (exact) mass is 279 g/mol. The van der Waals surface area contributed by atoms with E-state index in [1.165, 1.54) is 12.8 Å². The molecule has 7 nitrogen and oxygen atoms in total. The zero-order chi connectivity index (χ0) is 14.8. The predicted octanol–water partition coefficient (Wildman–Crippen LogP) is 2.68. The maximum absolute atomic E-state index is 11.0. The molecule has 1 saturated carbocycles. The highest BCUT2D eigenvalue weighted by Gasteiger charge is 2.29. The van der Waals surface area contributed by atoms with Gasteiger partial charge in [0.05, 0.1) is 10.5 Å². The van der Waals surface area contributed by atoms with Crippen molar-refractivity contribution in [1.82, 2.24) is 4.98 Å². The van der Waals surface area contributed by atoms with Crippen LogP contribution in [-0.4, -0.2) is 27.5 Å². The lowest BCUT2D eigenvalue weighted by atomic mass is 9.89. The molecule has 0 unspecified atom stereocenters. The third-order valence-electron chi connectivity index (χ3n) is 3.80. The van der Waals surface area contributed by atoms with Gasteiger partial charge in [-0.15, -0.1) is 0 Å². The van der Waals surface area contributed by atoms with E-state index >= 15 is 0 Å². The number of nitro groups is 1. The number of aromatic carboxylic acids is 1. The fraction of sp³-hybridized carbons (Fsp3) is 0.538. The van der Waals surface area contributed by atoms with Crippen LogP contribution in [0.15, 0.2) is 12.3 Å². The van der Waals surface area contributed by atoms with E-state index in [1.54, 1.807) is 0 Å². The number of nitrogens with zero attached hydrogens (tertiary/aromatic N) is 2. The number of carbonyl (C=O) groups is 1. The van der Waals surface area contributed by atoms with Gasteiger partial charge in [0.15, 0.2) is 0 Å². The number of pyridine rings is 1. The first kappa shape index (κ1) is 14.2. The molecule has 0 aromatic carbocycles. The van der Waals surface area contributed by atoms with Gasteiger partial charge >= 0.3 is 11.7 Å². The first-order chi connectivity index (χ1) is 9.41. The lowest BCUT2D eigenvalue weighted by molar-refractivity contribution is -0.384. The van der Waals surface area contributed by atoms with Crippen molar-refractivity contribution in [1.29, 1.82) is 0 Å². The lowest BCUT2D eigenvalue weighted by Crippen LogP contribution is -2.23. The summed E-state index contributed by atoms with van der Waals surface area (Å²) < 4.78 is 0. The summed E-state index contributed by atoms with van der Waals surface area (Å²) in [6, 6.07) is 1.04. The molecule has 1 heterocycles. The normalized spacial score (nSPS) is 16.9. The van der Waals surface area contributed by atoms with E-state index in [2.05, 4.69) is 17.2 Å². The average Bonchev–Trinajstić information content (AvgIpc) is 2.83. The van der Waals surface area contributed by atoms with Gasteiger partial charge < -0.3 is 10.4 Å². The molecule has 1 aromatic heterocycles. The van der Waals surface area contributed by atoms with Crippen molar-refractivity contribution in [3.63, 3.8) is 0 Å². The molecule has 0 bridgehead atoms. The van der Waals surface area contributed by atoms with Crippen LogP contribution in [0.1, 0.15) is 43.0 Å². The Morgan fingerprint density at radius 2 is 2.20 bits per heavy atom. The molecule has 0 amide bonds. The molecule has 1 aliphatic carbocycles. The number of nitrogens with one attached hydrogen (secondary N) is 1. The third kappa shape index (κ3) is 3.04. The molecule has 1 fully saturated rings. The Balaban J connectivity index is 2.18. The fourth-order valence-corrected chi connectivity index (χ4v) is 2.55. The third-order valence-corrected chi connectivity index (χ3v) is 3.80. The summed E-state index contributed by atoms with van der Waals surface area (Å²) in [5.74, 6) is -1.09. The van der Waals surface area contributed by atoms with Crippen molar-refractivity contribution in [2.75, 3.05) is 11.9 Å². The van der Waals surface area contributed by atoms with Gasteiger partial charge in [-0.1, -0.05) is 19.8 Å². The van der Waals surface area contributed by atoms with Crippen LogP contribution in [-0.2, 0) is 0 Å². The summed E-state index contributed by atoms with van der Waals surface area (Å²) >= 11 is 0. The Kier molecular flexibility index (Phi) is 3.87. The molecule has 2 rings (SSSR count). The van der Waals surface area contributed by atoms with Crippen LogP contribution in [0.25, 0.3) is 0 Å². The van der Waals surface area contributed by atoms with E-state index in [4.69, 9.17) is 5.11 Å². The van der Waals surface area contributed by atoms with Crippen molar-refractivity contribution < 1.29 is 14.8 Å². The second-order valence-corrected chi connectivity index (χ2v) is 5.53. The van der Waals surface area contributed by atoms with Crippen molar-refractivity contribution in [3.05, 3.63) is 27.9 Å². The Bertz CT molecular complexity index is 538. The van der Waals surface area contributed by atoms with Gasteiger partial charge in [-0.2, -0.15) is 0 Å². The van der Waals surface area contributed by atoms with E-state index < -0.39 is 10.9 Å². The second kappa shape index (κ2) is 5.44. The highest BCUT2D eigenvalue weighted by atomic mass is 16.6. The predicted molar refractivity (Wildman–Crippen MR) is 72.9 cm³/mol. The average molecular weight is 279 g/mol. The summed E-state index contributed by atoms with van der Waals surface area (Å²) in [6.07, 6.45) is 5.65.